The Morgan fingerprint density at radius 1 is 1.05 bits per heavy atom. The first-order valence-electron chi connectivity index (χ1n) is 7.96. The maximum absolute atomic E-state index is 5.93. The van der Waals surface area contributed by atoms with E-state index in [0.29, 0.717) is 11.7 Å². The van der Waals surface area contributed by atoms with Crippen molar-refractivity contribution in [2.24, 2.45) is 5.92 Å². The van der Waals surface area contributed by atoms with Gasteiger partial charge in [-0.15, -0.1) is 0 Å². The molecule has 0 aliphatic rings. The van der Waals surface area contributed by atoms with E-state index in [1.807, 2.05) is 0 Å². The second-order valence-corrected chi connectivity index (χ2v) is 6.04. The summed E-state index contributed by atoms with van der Waals surface area (Å²) in [5.74, 6) is 1.33. The van der Waals surface area contributed by atoms with Crippen LogP contribution >= 0.6 is 0 Å². The zero-order chi connectivity index (χ0) is 14.1. The van der Waals surface area contributed by atoms with Crippen molar-refractivity contribution in [3.63, 3.8) is 0 Å². The predicted octanol–water partition coefficient (Wildman–Crippen LogP) is 4.48. The number of anilines is 1. The number of H-pyrrole nitrogens is 1. The predicted molar refractivity (Wildman–Crippen MR) is 83.2 cm³/mol. The van der Waals surface area contributed by atoms with E-state index in [1.165, 1.54) is 56.2 Å². The number of aromatic nitrogens is 2. The molecule has 0 fully saturated rings. The van der Waals surface area contributed by atoms with E-state index in [9.17, 15) is 0 Å². The molecular weight excluding hydrogens is 234 g/mol. The van der Waals surface area contributed by atoms with Crippen LogP contribution in [0.1, 0.15) is 77.0 Å². The molecule has 0 saturated carbocycles. The number of unbranched alkanes of at least 4 members (excludes halogenated alkanes) is 6. The van der Waals surface area contributed by atoms with Crippen molar-refractivity contribution in [3.05, 3.63) is 11.3 Å². The van der Waals surface area contributed by atoms with E-state index in [2.05, 4.69) is 31.0 Å². The fourth-order valence-electron chi connectivity index (χ4n) is 2.52. The van der Waals surface area contributed by atoms with Crippen LogP contribution in [0, 0.1) is 5.92 Å². The van der Waals surface area contributed by atoms with Crippen LogP contribution < -0.4 is 5.73 Å². The van der Waals surface area contributed by atoms with Gasteiger partial charge in [0.15, 0.2) is 0 Å². The third kappa shape index (κ3) is 6.13. The van der Waals surface area contributed by atoms with Gasteiger partial charge in [-0.1, -0.05) is 59.3 Å². The van der Waals surface area contributed by atoms with Crippen LogP contribution in [-0.4, -0.2) is 10.2 Å². The van der Waals surface area contributed by atoms with Gasteiger partial charge in [0, 0.05) is 11.3 Å². The third-order valence-corrected chi connectivity index (χ3v) is 3.63. The van der Waals surface area contributed by atoms with Crippen molar-refractivity contribution in [2.75, 3.05) is 5.73 Å². The van der Waals surface area contributed by atoms with Crippen LogP contribution in [0.4, 0.5) is 5.82 Å². The van der Waals surface area contributed by atoms with Gasteiger partial charge in [0.05, 0.1) is 0 Å². The summed E-state index contributed by atoms with van der Waals surface area (Å²) < 4.78 is 0. The molecule has 0 saturated heterocycles. The summed E-state index contributed by atoms with van der Waals surface area (Å²) in [5, 5.41) is 7.28. The van der Waals surface area contributed by atoms with Gasteiger partial charge >= 0.3 is 0 Å². The van der Waals surface area contributed by atoms with Gasteiger partial charge in [-0.2, -0.15) is 5.10 Å². The Kier molecular flexibility index (Phi) is 7.61. The van der Waals surface area contributed by atoms with Gasteiger partial charge in [0.1, 0.15) is 5.82 Å². The monoisotopic (exact) mass is 265 g/mol. The van der Waals surface area contributed by atoms with Crippen molar-refractivity contribution >= 4 is 5.82 Å². The summed E-state index contributed by atoms with van der Waals surface area (Å²) in [5.41, 5.74) is 8.45. The maximum atomic E-state index is 5.93. The van der Waals surface area contributed by atoms with Gasteiger partial charge < -0.3 is 5.73 Å². The third-order valence-electron chi connectivity index (χ3n) is 3.63. The first kappa shape index (κ1) is 16.1. The fourth-order valence-corrected chi connectivity index (χ4v) is 2.52. The Bertz CT molecular complexity index is 342. The molecular formula is C16H31N3. The molecule has 3 heteroatoms. The minimum Gasteiger partial charge on any atom is -0.382 e. The molecule has 1 aromatic heterocycles. The molecule has 110 valence electrons. The van der Waals surface area contributed by atoms with Gasteiger partial charge in [-0.05, 0) is 25.2 Å². The average molecular weight is 265 g/mol. The van der Waals surface area contributed by atoms with Crippen molar-refractivity contribution < 1.29 is 0 Å². The Balaban J connectivity index is 2.25. The van der Waals surface area contributed by atoms with Crippen LogP contribution in [0.25, 0.3) is 0 Å². The smallest absolute Gasteiger partial charge is 0.148 e. The molecule has 0 aliphatic heterocycles. The summed E-state index contributed by atoms with van der Waals surface area (Å²) in [7, 11) is 0. The number of aromatic amines is 1. The number of nitrogens with zero attached hydrogens (tertiary/aromatic N) is 1. The second kappa shape index (κ2) is 9.00. The van der Waals surface area contributed by atoms with E-state index in [1.54, 1.807) is 0 Å². The standard InChI is InChI=1S/C16H31N3/c1-4-5-6-7-8-9-10-11-15-14(12-13(2)3)16(17)19-18-15/h13H,4-12H2,1-3H3,(H3,17,18,19). The largest absolute Gasteiger partial charge is 0.382 e. The van der Waals surface area contributed by atoms with Gasteiger partial charge in [0.2, 0.25) is 0 Å². The topological polar surface area (TPSA) is 54.7 Å². The van der Waals surface area contributed by atoms with E-state index >= 15 is 0 Å². The molecule has 0 amide bonds. The lowest BCUT2D eigenvalue weighted by molar-refractivity contribution is 0.584. The van der Waals surface area contributed by atoms with Crippen LogP contribution in [-0.2, 0) is 12.8 Å². The molecule has 0 spiro atoms. The van der Waals surface area contributed by atoms with Crippen LogP contribution in [0.2, 0.25) is 0 Å². The number of hydrogen-bond acceptors (Lipinski definition) is 2. The molecule has 0 unspecified atom stereocenters. The molecule has 0 atom stereocenters. The summed E-state index contributed by atoms with van der Waals surface area (Å²) in [4.78, 5) is 0. The quantitative estimate of drug-likeness (QED) is 0.613. The highest BCUT2D eigenvalue weighted by Crippen LogP contribution is 2.20. The summed E-state index contributed by atoms with van der Waals surface area (Å²) in [6.45, 7) is 6.72. The minimum absolute atomic E-state index is 0.632. The molecule has 0 bridgehead atoms. The molecule has 1 heterocycles. The Hall–Kier alpha value is -0.990. The highest BCUT2D eigenvalue weighted by Gasteiger charge is 2.11. The lowest BCUT2D eigenvalue weighted by Crippen LogP contribution is -2.01. The van der Waals surface area contributed by atoms with Crippen molar-refractivity contribution in [2.45, 2.75) is 78.6 Å². The molecule has 19 heavy (non-hydrogen) atoms. The van der Waals surface area contributed by atoms with Crippen LogP contribution in [0.15, 0.2) is 0 Å². The first-order valence-corrected chi connectivity index (χ1v) is 7.96. The molecule has 0 aliphatic carbocycles. The van der Waals surface area contributed by atoms with E-state index < -0.39 is 0 Å². The molecule has 3 nitrogen and oxygen atoms in total. The SMILES string of the molecule is CCCCCCCCCc1[nH]nc(N)c1CC(C)C. The van der Waals surface area contributed by atoms with Crippen molar-refractivity contribution in [3.8, 4) is 0 Å². The fraction of sp³-hybridized carbons (Fsp3) is 0.812. The molecule has 1 aromatic rings. The number of rotatable bonds is 10. The van der Waals surface area contributed by atoms with E-state index in [0.717, 1.165) is 12.8 Å². The molecule has 0 aromatic carbocycles. The maximum Gasteiger partial charge on any atom is 0.148 e. The highest BCUT2D eigenvalue weighted by atomic mass is 15.2. The zero-order valence-corrected chi connectivity index (χ0v) is 13.0. The first-order chi connectivity index (χ1) is 9.15. The number of nitrogen functional groups attached to an aromatic ring is 1. The Labute approximate surface area is 118 Å². The summed E-state index contributed by atoms with van der Waals surface area (Å²) in [6.07, 6.45) is 11.6. The molecule has 0 radical (unpaired) electrons. The van der Waals surface area contributed by atoms with Gasteiger partial charge in [-0.3, -0.25) is 5.10 Å². The average Bonchev–Trinajstić information content (AvgIpc) is 2.70. The Morgan fingerprint density at radius 3 is 2.32 bits per heavy atom. The van der Waals surface area contributed by atoms with Crippen molar-refractivity contribution in [1.82, 2.24) is 10.2 Å². The number of nitrogens with one attached hydrogen (secondary N) is 1. The minimum atomic E-state index is 0.632. The zero-order valence-electron chi connectivity index (χ0n) is 13.0. The van der Waals surface area contributed by atoms with Gasteiger partial charge in [0.25, 0.3) is 0 Å². The summed E-state index contributed by atoms with van der Waals surface area (Å²) in [6, 6.07) is 0. The Morgan fingerprint density at radius 2 is 1.68 bits per heavy atom. The number of nitrogens with two attached hydrogens (primary N) is 1. The molecule has 3 N–H and O–H groups in total. The lowest BCUT2D eigenvalue weighted by Gasteiger charge is -2.07. The normalized spacial score (nSPS) is 11.4. The second-order valence-electron chi connectivity index (χ2n) is 6.04. The van der Waals surface area contributed by atoms with E-state index in [4.69, 9.17) is 5.73 Å². The summed E-state index contributed by atoms with van der Waals surface area (Å²) >= 11 is 0. The highest BCUT2D eigenvalue weighted by molar-refractivity contribution is 5.42. The number of aryl methyl sites for hydroxylation is 1. The van der Waals surface area contributed by atoms with E-state index in [-0.39, 0.29) is 0 Å². The van der Waals surface area contributed by atoms with Crippen molar-refractivity contribution in [1.29, 1.82) is 0 Å². The lowest BCUT2D eigenvalue weighted by atomic mass is 9.99. The van der Waals surface area contributed by atoms with Gasteiger partial charge in [-0.25, -0.2) is 0 Å². The number of hydrogen-bond donors (Lipinski definition) is 2. The van der Waals surface area contributed by atoms with Crippen LogP contribution in [0.5, 0.6) is 0 Å². The van der Waals surface area contributed by atoms with Crippen LogP contribution in [0.3, 0.4) is 0 Å². The molecule has 1 rings (SSSR count).